The summed E-state index contributed by atoms with van der Waals surface area (Å²) in [6.07, 6.45) is 2.91. The van der Waals surface area contributed by atoms with Crippen molar-refractivity contribution in [3.8, 4) is 0 Å². The molecule has 0 spiro atoms. The molecule has 2 unspecified atom stereocenters. The van der Waals surface area contributed by atoms with Crippen molar-refractivity contribution in [2.24, 2.45) is 17.3 Å². The first-order valence-corrected chi connectivity index (χ1v) is 8.39. The number of carbonyl (C=O) groups is 2. The molecule has 4 rings (SSSR count). The minimum atomic E-state index is -0.808. The predicted molar refractivity (Wildman–Crippen MR) is 81.2 cm³/mol. The van der Waals surface area contributed by atoms with Crippen LogP contribution in [0, 0.1) is 28.9 Å². The third kappa shape index (κ3) is 2.23. The SMILES string of the molecule is O=C(C1CC1c1ccc(F)cc1F)N1C[C@@H]2CCC[C@@]2(C(=O)O)C1. The Hall–Kier alpha value is -1.98. The van der Waals surface area contributed by atoms with Crippen LogP contribution in [0.2, 0.25) is 0 Å². The summed E-state index contributed by atoms with van der Waals surface area (Å²) in [5.41, 5.74) is -0.414. The molecule has 6 heteroatoms. The fourth-order valence-corrected chi connectivity index (χ4v) is 4.66. The molecule has 0 radical (unpaired) electrons. The van der Waals surface area contributed by atoms with Gasteiger partial charge in [-0.25, -0.2) is 8.78 Å². The van der Waals surface area contributed by atoms with Crippen molar-refractivity contribution in [2.75, 3.05) is 13.1 Å². The number of carboxylic acids is 1. The minimum Gasteiger partial charge on any atom is -0.481 e. The lowest BCUT2D eigenvalue weighted by Gasteiger charge is -2.23. The Morgan fingerprint density at radius 2 is 2.08 bits per heavy atom. The summed E-state index contributed by atoms with van der Waals surface area (Å²) in [5, 5.41) is 9.60. The van der Waals surface area contributed by atoms with Gasteiger partial charge in [0.2, 0.25) is 5.91 Å². The molecule has 1 aromatic carbocycles. The number of rotatable bonds is 3. The zero-order valence-electron chi connectivity index (χ0n) is 13.2. The van der Waals surface area contributed by atoms with Crippen LogP contribution in [0.3, 0.4) is 0 Å². The van der Waals surface area contributed by atoms with Gasteiger partial charge >= 0.3 is 5.97 Å². The Morgan fingerprint density at radius 1 is 1.29 bits per heavy atom. The molecule has 1 N–H and O–H groups in total. The highest BCUT2D eigenvalue weighted by Crippen LogP contribution is 2.53. The van der Waals surface area contributed by atoms with E-state index in [0.717, 1.165) is 18.9 Å². The molecule has 3 aliphatic rings. The maximum Gasteiger partial charge on any atom is 0.311 e. The fraction of sp³-hybridized carbons (Fsp3) is 0.556. The molecular formula is C18H19F2NO3. The van der Waals surface area contributed by atoms with Gasteiger partial charge in [-0.1, -0.05) is 12.5 Å². The summed E-state index contributed by atoms with van der Waals surface area (Å²) in [7, 11) is 0. The first-order valence-electron chi connectivity index (χ1n) is 8.39. The number of benzene rings is 1. The van der Waals surface area contributed by atoms with Crippen LogP contribution in [0.25, 0.3) is 0 Å². The van der Waals surface area contributed by atoms with Crippen LogP contribution < -0.4 is 0 Å². The lowest BCUT2D eigenvalue weighted by atomic mass is 9.81. The molecule has 4 atom stereocenters. The molecule has 0 aromatic heterocycles. The highest BCUT2D eigenvalue weighted by Gasteiger charge is 2.58. The third-order valence-corrected chi connectivity index (χ3v) is 6.08. The van der Waals surface area contributed by atoms with E-state index < -0.39 is 23.0 Å². The minimum absolute atomic E-state index is 0.0266. The van der Waals surface area contributed by atoms with Gasteiger partial charge in [0.25, 0.3) is 0 Å². The Balaban J connectivity index is 1.48. The van der Waals surface area contributed by atoms with Gasteiger partial charge in [0.15, 0.2) is 0 Å². The summed E-state index contributed by atoms with van der Waals surface area (Å²) in [6, 6.07) is 3.45. The van der Waals surface area contributed by atoms with Gasteiger partial charge in [0.05, 0.1) is 5.41 Å². The Morgan fingerprint density at radius 3 is 2.75 bits per heavy atom. The number of hydrogen-bond acceptors (Lipinski definition) is 2. The first-order chi connectivity index (χ1) is 11.4. The summed E-state index contributed by atoms with van der Waals surface area (Å²) in [5.74, 6) is -2.64. The summed E-state index contributed by atoms with van der Waals surface area (Å²) >= 11 is 0. The van der Waals surface area contributed by atoms with E-state index in [1.54, 1.807) is 4.90 Å². The van der Waals surface area contributed by atoms with E-state index in [1.165, 1.54) is 12.1 Å². The van der Waals surface area contributed by atoms with Crippen molar-refractivity contribution in [3.05, 3.63) is 35.4 Å². The van der Waals surface area contributed by atoms with Gasteiger partial charge in [-0.05, 0) is 42.7 Å². The number of halogens is 2. The lowest BCUT2D eigenvalue weighted by molar-refractivity contribution is -0.149. The topological polar surface area (TPSA) is 57.6 Å². The van der Waals surface area contributed by atoms with Gasteiger partial charge in [-0.2, -0.15) is 0 Å². The van der Waals surface area contributed by atoms with Gasteiger partial charge in [-0.15, -0.1) is 0 Å². The van der Waals surface area contributed by atoms with Gasteiger partial charge in [-0.3, -0.25) is 9.59 Å². The van der Waals surface area contributed by atoms with E-state index in [9.17, 15) is 23.5 Å². The van der Waals surface area contributed by atoms with Crippen molar-refractivity contribution in [1.29, 1.82) is 0 Å². The quantitative estimate of drug-likeness (QED) is 0.924. The zero-order chi connectivity index (χ0) is 17.1. The average molecular weight is 335 g/mol. The monoisotopic (exact) mass is 335 g/mol. The van der Waals surface area contributed by atoms with Crippen molar-refractivity contribution in [1.82, 2.24) is 4.90 Å². The molecule has 2 saturated carbocycles. The average Bonchev–Trinajstić information content (AvgIpc) is 3.04. The Labute approximate surface area is 138 Å². The van der Waals surface area contributed by atoms with Gasteiger partial charge < -0.3 is 10.0 Å². The molecule has 4 nitrogen and oxygen atoms in total. The normalized spacial score (nSPS) is 34.2. The second-order valence-corrected chi connectivity index (χ2v) is 7.38. The molecule has 0 bridgehead atoms. The molecule has 24 heavy (non-hydrogen) atoms. The van der Waals surface area contributed by atoms with Crippen LogP contribution in [-0.2, 0) is 9.59 Å². The third-order valence-electron chi connectivity index (χ3n) is 6.08. The van der Waals surface area contributed by atoms with E-state index in [0.29, 0.717) is 24.9 Å². The number of carbonyl (C=O) groups excluding carboxylic acids is 1. The second kappa shape index (κ2) is 5.26. The molecule has 1 aromatic rings. The fourth-order valence-electron chi connectivity index (χ4n) is 4.66. The van der Waals surface area contributed by atoms with E-state index in [4.69, 9.17) is 0 Å². The number of hydrogen-bond donors (Lipinski definition) is 1. The molecule has 2 aliphatic carbocycles. The number of fused-ring (bicyclic) bond motifs is 1. The Bertz CT molecular complexity index is 722. The summed E-state index contributed by atoms with van der Waals surface area (Å²) < 4.78 is 26.9. The highest BCUT2D eigenvalue weighted by atomic mass is 19.1. The molecular weight excluding hydrogens is 316 g/mol. The van der Waals surface area contributed by atoms with E-state index in [1.807, 2.05) is 0 Å². The highest BCUT2D eigenvalue weighted by molar-refractivity contribution is 5.85. The molecule has 1 heterocycles. The summed E-state index contributed by atoms with van der Waals surface area (Å²) in [4.78, 5) is 26.1. The van der Waals surface area contributed by atoms with Crippen LogP contribution in [0.5, 0.6) is 0 Å². The number of nitrogens with zero attached hydrogens (tertiary/aromatic N) is 1. The number of likely N-dealkylation sites (tertiary alicyclic amines) is 1. The van der Waals surface area contributed by atoms with E-state index in [2.05, 4.69) is 0 Å². The summed E-state index contributed by atoms with van der Waals surface area (Å²) in [6.45, 7) is 0.751. The molecule has 3 fully saturated rings. The van der Waals surface area contributed by atoms with Gasteiger partial charge in [0, 0.05) is 25.1 Å². The van der Waals surface area contributed by atoms with Crippen LogP contribution in [0.15, 0.2) is 18.2 Å². The van der Waals surface area contributed by atoms with Crippen LogP contribution >= 0.6 is 0 Å². The first kappa shape index (κ1) is 15.5. The van der Waals surface area contributed by atoms with Crippen LogP contribution in [0.4, 0.5) is 8.78 Å². The number of amides is 1. The van der Waals surface area contributed by atoms with Gasteiger partial charge in [0.1, 0.15) is 11.6 Å². The Kier molecular flexibility index (Phi) is 3.41. The molecule has 1 aliphatic heterocycles. The molecule has 1 saturated heterocycles. The van der Waals surface area contributed by atoms with E-state index >= 15 is 0 Å². The van der Waals surface area contributed by atoms with Crippen molar-refractivity contribution in [3.63, 3.8) is 0 Å². The zero-order valence-corrected chi connectivity index (χ0v) is 13.2. The van der Waals surface area contributed by atoms with Crippen LogP contribution in [-0.4, -0.2) is 35.0 Å². The lowest BCUT2D eigenvalue weighted by Crippen LogP contribution is -2.37. The number of carboxylic acid groups (broad SMARTS) is 1. The molecule has 128 valence electrons. The largest absolute Gasteiger partial charge is 0.481 e. The maximum absolute atomic E-state index is 13.9. The molecule has 1 amide bonds. The number of aliphatic carboxylic acids is 1. The second-order valence-electron chi connectivity index (χ2n) is 7.38. The standard InChI is InChI=1S/C18H19F2NO3/c19-11-3-4-12(15(20)6-11)13-7-14(13)16(22)21-8-10-2-1-5-18(10,9-21)17(23)24/h3-4,6,10,13-14H,1-2,5,7-9H2,(H,23,24)/t10-,13?,14?,18+/m0/s1. The van der Waals surface area contributed by atoms with Crippen molar-refractivity contribution in [2.45, 2.75) is 31.6 Å². The van der Waals surface area contributed by atoms with Crippen molar-refractivity contribution < 1.29 is 23.5 Å². The maximum atomic E-state index is 13.9. The van der Waals surface area contributed by atoms with Crippen LogP contribution in [0.1, 0.15) is 37.2 Å². The smallest absolute Gasteiger partial charge is 0.311 e. The van der Waals surface area contributed by atoms with E-state index in [-0.39, 0.29) is 30.2 Å². The van der Waals surface area contributed by atoms with Crippen molar-refractivity contribution >= 4 is 11.9 Å². The predicted octanol–water partition coefficient (Wildman–Crippen LogP) is 2.78.